The van der Waals surface area contributed by atoms with E-state index in [4.69, 9.17) is 11.6 Å². The molecular weight excluding hydrogens is 395 g/mol. The van der Waals surface area contributed by atoms with Gasteiger partial charge in [-0.25, -0.2) is 14.3 Å². The van der Waals surface area contributed by atoms with Crippen LogP contribution in [0.1, 0.15) is 24.2 Å². The monoisotopic (exact) mass is 409 g/mol. The molecule has 1 fully saturated rings. The average molecular weight is 410 g/mol. The number of fused-ring (bicyclic) bond motifs is 1. The van der Waals surface area contributed by atoms with Crippen LogP contribution in [0, 0.1) is 5.92 Å². The van der Waals surface area contributed by atoms with Crippen LogP contribution in [-0.2, 0) is 12.6 Å². The van der Waals surface area contributed by atoms with Gasteiger partial charge in [-0.3, -0.25) is 0 Å². The molecule has 1 saturated carbocycles. The molecule has 5 nitrogen and oxygen atoms in total. The molecular formula is C19H15ClF3N3O2. The lowest BCUT2D eigenvalue weighted by atomic mass is 9.78. The van der Waals surface area contributed by atoms with Crippen molar-refractivity contribution in [1.29, 1.82) is 0 Å². The van der Waals surface area contributed by atoms with Gasteiger partial charge < -0.3 is 5.11 Å². The van der Waals surface area contributed by atoms with Gasteiger partial charge in [0.15, 0.2) is 5.65 Å². The summed E-state index contributed by atoms with van der Waals surface area (Å²) in [6, 6.07) is 8.44. The molecule has 0 aliphatic heterocycles. The quantitative estimate of drug-likeness (QED) is 0.715. The Labute approximate surface area is 162 Å². The Kier molecular flexibility index (Phi) is 4.63. The fourth-order valence-corrected chi connectivity index (χ4v) is 3.58. The lowest BCUT2D eigenvalue weighted by molar-refractivity contribution is -0.141. The summed E-state index contributed by atoms with van der Waals surface area (Å²) in [4.78, 5) is 20.6. The number of pyridine rings is 1. The van der Waals surface area contributed by atoms with Crippen molar-refractivity contribution in [2.45, 2.75) is 31.5 Å². The smallest absolute Gasteiger partial charge is 0.393 e. The molecule has 0 bridgehead atoms. The number of hydrogen-bond acceptors (Lipinski definition) is 4. The molecule has 0 radical (unpaired) electrons. The zero-order valence-electron chi connectivity index (χ0n) is 14.4. The number of nitrogens with zero attached hydrogens (tertiary/aromatic N) is 3. The van der Waals surface area contributed by atoms with Crippen LogP contribution in [0.4, 0.5) is 13.2 Å². The molecule has 0 amide bonds. The average Bonchev–Trinajstić information content (AvgIpc) is 2.64. The molecule has 2 heterocycles. The van der Waals surface area contributed by atoms with Gasteiger partial charge in [-0.1, -0.05) is 23.7 Å². The van der Waals surface area contributed by atoms with Crippen molar-refractivity contribution in [1.82, 2.24) is 14.5 Å². The van der Waals surface area contributed by atoms with Crippen molar-refractivity contribution >= 4 is 22.6 Å². The van der Waals surface area contributed by atoms with Crippen LogP contribution in [0.2, 0.25) is 5.02 Å². The maximum Gasteiger partial charge on any atom is 0.433 e. The minimum Gasteiger partial charge on any atom is -0.393 e. The first kappa shape index (κ1) is 18.9. The van der Waals surface area contributed by atoms with Gasteiger partial charge >= 0.3 is 11.9 Å². The number of rotatable bonds is 3. The Morgan fingerprint density at radius 1 is 1.14 bits per heavy atom. The summed E-state index contributed by atoms with van der Waals surface area (Å²) in [6.45, 7) is 0. The third kappa shape index (κ3) is 3.27. The second kappa shape index (κ2) is 6.86. The molecule has 28 heavy (non-hydrogen) atoms. The van der Waals surface area contributed by atoms with E-state index in [1.165, 1.54) is 18.2 Å². The fraction of sp³-hybridized carbons (Fsp3) is 0.316. The molecule has 146 valence electrons. The molecule has 1 N–H and O–H groups in total. The molecule has 0 unspecified atom stereocenters. The standard InChI is InChI=1S/C19H15ClF3N3O2/c20-12-3-1-2-4-14(12)26-17-11(6-8-16(25-17)19(21,22)23)13(24-18(26)28)9-10-5-7-15(10)27/h1-4,6,8,10,15,27H,5,7,9H2/t10-,15+/m1/s1. The largest absolute Gasteiger partial charge is 0.433 e. The number of para-hydroxylation sites is 1. The maximum atomic E-state index is 13.2. The first-order valence-corrected chi connectivity index (χ1v) is 9.06. The second-order valence-corrected chi connectivity index (χ2v) is 7.21. The SMILES string of the molecule is O=c1nc(C[C@H]2CC[C@@H]2O)c2ccc(C(F)(F)F)nc2n1-c1ccccc1Cl. The van der Waals surface area contributed by atoms with Gasteiger partial charge in [0, 0.05) is 5.39 Å². The Balaban J connectivity index is 1.99. The Bertz CT molecular complexity index is 1110. The summed E-state index contributed by atoms with van der Waals surface area (Å²) in [7, 11) is 0. The van der Waals surface area contributed by atoms with Crippen LogP contribution in [0.15, 0.2) is 41.2 Å². The van der Waals surface area contributed by atoms with Crippen molar-refractivity contribution in [2.75, 3.05) is 0 Å². The highest BCUT2D eigenvalue weighted by molar-refractivity contribution is 6.32. The molecule has 1 aliphatic carbocycles. The lowest BCUT2D eigenvalue weighted by Crippen LogP contribution is -2.34. The number of alkyl halides is 3. The van der Waals surface area contributed by atoms with Crippen molar-refractivity contribution < 1.29 is 18.3 Å². The van der Waals surface area contributed by atoms with Gasteiger partial charge in [0.05, 0.1) is 22.5 Å². The van der Waals surface area contributed by atoms with E-state index in [1.54, 1.807) is 12.1 Å². The number of aromatic nitrogens is 3. The molecule has 1 aromatic carbocycles. The van der Waals surface area contributed by atoms with E-state index in [0.717, 1.165) is 17.1 Å². The van der Waals surface area contributed by atoms with Crippen molar-refractivity contribution in [3.8, 4) is 5.69 Å². The van der Waals surface area contributed by atoms with Crippen molar-refractivity contribution in [2.24, 2.45) is 5.92 Å². The minimum absolute atomic E-state index is 0.0754. The zero-order valence-corrected chi connectivity index (χ0v) is 15.2. The summed E-state index contributed by atoms with van der Waals surface area (Å²) in [5, 5.41) is 10.4. The third-order valence-corrected chi connectivity index (χ3v) is 5.36. The van der Waals surface area contributed by atoms with Gasteiger partial charge in [0.1, 0.15) is 5.69 Å². The van der Waals surface area contributed by atoms with Gasteiger partial charge in [0.2, 0.25) is 0 Å². The highest BCUT2D eigenvalue weighted by Crippen LogP contribution is 2.34. The number of halogens is 4. The minimum atomic E-state index is -4.66. The van der Waals surface area contributed by atoms with Crippen LogP contribution in [0.25, 0.3) is 16.7 Å². The fourth-order valence-electron chi connectivity index (χ4n) is 3.36. The van der Waals surface area contributed by atoms with E-state index in [2.05, 4.69) is 9.97 Å². The van der Waals surface area contributed by atoms with E-state index in [9.17, 15) is 23.1 Å². The Hall–Kier alpha value is -2.45. The van der Waals surface area contributed by atoms with E-state index in [-0.39, 0.29) is 22.3 Å². The van der Waals surface area contributed by atoms with Crippen LogP contribution in [0.3, 0.4) is 0 Å². The van der Waals surface area contributed by atoms with Crippen LogP contribution in [-0.4, -0.2) is 25.7 Å². The van der Waals surface area contributed by atoms with E-state index in [1.807, 2.05) is 0 Å². The lowest BCUT2D eigenvalue weighted by Gasteiger charge is -2.32. The molecule has 2 atom stereocenters. The Morgan fingerprint density at radius 2 is 1.89 bits per heavy atom. The number of benzene rings is 1. The topological polar surface area (TPSA) is 68.0 Å². The summed E-state index contributed by atoms with van der Waals surface area (Å²) in [5.74, 6) is -0.0754. The van der Waals surface area contributed by atoms with Crippen LogP contribution in [0.5, 0.6) is 0 Å². The summed E-state index contributed by atoms with van der Waals surface area (Å²) >= 11 is 6.17. The van der Waals surface area contributed by atoms with Crippen molar-refractivity contribution in [3.63, 3.8) is 0 Å². The van der Waals surface area contributed by atoms with Gasteiger partial charge in [0.25, 0.3) is 0 Å². The zero-order chi connectivity index (χ0) is 20.1. The van der Waals surface area contributed by atoms with Crippen LogP contribution >= 0.6 is 11.6 Å². The summed E-state index contributed by atoms with van der Waals surface area (Å²) in [6.07, 6.45) is -3.43. The number of aliphatic hydroxyl groups is 1. The van der Waals surface area contributed by atoms with Crippen molar-refractivity contribution in [3.05, 3.63) is 63.3 Å². The van der Waals surface area contributed by atoms with E-state index < -0.39 is 23.7 Å². The normalized spacial score (nSPS) is 19.6. The molecule has 0 saturated heterocycles. The highest BCUT2D eigenvalue weighted by atomic mass is 35.5. The molecule has 2 aromatic heterocycles. The first-order chi connectivity index (χ1) is 13.3. The highest BCUT2D eigenvalue weighted by Gasteiger charge is 2.34. The summed E-state index contributed by atoms with van der Waals surface area (Å²) in [5.41, 5.74) is -1.51. The maximum absolute atomic E-state index is 13.2. The summed E-state index contributed by atoms with van der Waals surface area (Å²) < 4.78 is 40.7. The molecule has 1 aliphatic rings. The molecule has 9 heteroatoms. The number of hydrogen-bond donors (Lipinski definition) is 1. The predicted molar refractivity (Wildman–Crippen MR) is 97.6 cm³/mol. The van der Waals surface area contributed by atoms with E-state index in [0.29, 0.717) is 23.9 Å². The van der Waals surface area contributed by atoms with E-state index >= 15 is 0 Å². The first-order valence-electron chi connectivity index (χ1n) is 8.68. The third-order valence-electron chi connectivity index (χ3n) is 5.04. The van der Waals surface area contributed by atoms with Gasteiger partial charge in [-0.15, -0.1) is 0 Å². The Morgan fingerprint density at radius 3 is 2.50 bits per heavy atom. The van der Waals surface area contributed by atoms with Gasteiger partial charge in [-0.2, -0.15) is 18.2 Å². The molecule has 3 aromatic rings. The van der Waals surface area contributed by atoms with Crippen LogP contribution < -0.4 is 5.69 Å². The molecule has 0 spiro atoms. The molecule has 4 rings (SSSR count). The second-order valence-electron chi connectivity index (χ2n) is 6.80. The number of aliphatic hydroxyl groups excluding tert-OH is 1. The predicted octanol–water partition coefficient (Wildman–Crippen LogP) is 3.77. The van der Waals surface area contributed by atoms with Gasteiger partial charge in [-0.05, 0) is 49.4 Å².